The van der Waals surface area contributed by atoms with Gasteiger partial charge in [0, 0.05) is 38.7 Å². The van der Waals surface area contributed by atoms with Gasteiger partial charge in [0.15, 0.2) is 11.7 Å². The normalized spacial score (nSPS) is 15.2. The number of nitrogens with zero attached hydrogens (tertiary/aromatic N) is 3. The Bertz CT molecular complexity index is 727. The number of aliphatic imine (C=N–C) groups is 1. The minimum Gasteiger partial charge on any atom is -0.469 e. The fourth-order valence-corrected chi connectivity index (χ4v) is 3.10. The third kappa shape index (κ3) is 8.65. The maximum atomic E-state index is 5.40. The van der Waals surface area contributed by atoms with Crippen LogP contribution >= 0.6 is 24.0 Å². The predicted molar refractivity (Wildman–Crippen MR) is 127 cm³/mol. The van der Waals surface area contributed by atoms with Crippen LogP contribution in [-0.4, -0.2) is 62.0 Å². The summed E-state index contributed by atoms with van der Waals surface area (Å²) in [7, 11) is 0. The van der Waals surface area contributed by atoms with Crippen molar-refractivity contribution in [1.82, 2.24) is 20.7 Å². The summed E-state index contributed by atoms with van der Waals surface area (Å²) in [6.07, 6.45) is 3.56. The van der Waals surface area contributed by atoms with E-state index >= 15 is 0 Å². The highest BCUT2D eigenvalue weighted by Crippen LogP contribution is 2.14. The van der Waals surface area contributed by atoms with Gasteiger partial charge in [0.25, 0.3) is 0 Å². The van der Waals surface area contributed by atoms with E-state index in [1.165, 1.54) is 0 Å². The van der Waals surface area contributed by atoms with E-state index in [1.54, 1.807) is 6.26 Å². The van der Waals surface area contributed by atoms with Crippen LogP contribution in [0.1, 0.15) is 43.4 Å². The monoisotopic (exact) mass is 531 g/mol. The summed E-state index contributed by atoms with van der Waals surface area (Å²) in [5.74, 6) is 2.86. The Morgan fingerprint density at radius 1 is 1.20 bits per heavy atom. The molecular formula is C21H34IN5O3. The van der Waals surface area contributed by atoms with Crippen molar-refractivity contribution in [3.05, 3.63) is 41.7 Å². The largest absolute Gasteiger partial charge is 0.469 e. The second-order valence-corrected chi connectivity index (χ2v) is 7.53. The van der Waals surface area contributed by atoms with Gasteiger partial charge in [-0.15, -0.1) is 24.0 Å². The van der Waals surface area contributed by atoms with Crippen molar-refractivity contribution in [1.29, 1.82) is 0 Å². The molecule has 30 heavy (non-hydrogen) atoms. The number of nitrogens with one attached hydrogen (secondary N) is 2. The first-order valence-electron chi connectivity index (χ1n) is 10.5. The van der Waals surface area contributed by atoms with Crippen molar-refractivity contribution in [2.75, 3.05) is 45.9 Å². The molecule has 1 aliphatic rings. The lowest BCUT2D eigenvalue weighted by atomic mass is 10.1. The Morgan fingerprint density at radius 3 is 2.70 bits per heavy atom. The number of hydrogen-bond donors (Lipinski definition) is 2. The highest BCUT2D eigenvalue weighted by atomic mass is 127. The zero-order chi connectivity index (χ0) is 20.3. The van der Waals surface area contributed by atoms with E-state index in [-0.39, 0.29) is 24.0 Å². The second kappa shape index (κ2) is 13.7. The highest BCUT2D eigenvalue weighted by Gasteiger charge is 2.10. The van der Waals surface area contributed by atoms with E-state index in [9.17, 15) is 0 Å². The lowest BCUT2D eigenvalue weighted by molar-refractivity contribution is 0.0376. The number of hydrogen-bond acceptors (Lipinski definition) is 6. The van der Waals surface area contributed by atoms with E-state index in [0.29, 0.717) is 12.5 Å². The van der Waals surface area contributed by atoms with Gasteiger partial charge in [-0.1, -0.05) is 19.0 Å². The molecule has 2 aromatic rings. The Kier molecular flexibility index (Phi) is 11.2. The Labute approximate surface area is 195 Å². The quantitative estimate of drug-likeness (QED) is 0.211. The number of aromatic nitrogens is 1. The molecule has 168 valence electrons. The molecule has 0 atom stereocenters. The van der Waals surface area contributed by atoms with Gasteiger partial charge in [0.05, 0.1) is 25.2 Å². The van der Waals surface area contributed by atoms with Crippen LogP contribution in [-0.2, 0) is 17.7 Å². The maximum Gasteiger partial charge on any atom is 0.191 e. The van der Waals surface area contributed by atoms with Gasteiger partial charge >= 0.3 is 0 Å². The molecule has 1 aliphatic heterocycles. The molecule has 0 radical (unpaired) electrons. The lowest BCUT2D eigenvalue weighted by Crippen LogP contribution is -2.41. The van der Waals surface area contributed by atoms with Crippen LogP contribution in [0.25, 0.3) is 0 Å². The maximum absolute atomic E-state index is 5.40. The van der Waals surface area contributed by atoms with Crippen LogP contribution < -0.4 is 10.6 Å². The average Bonchev–Trinajstić information content (AvgIpc) is 3.41. The van der Waals surface area contributed by atoms with Gasteiger partial charge in [0.2, 0.25) is 0 Å². The van der Waals surface area contributed by atoms with E-state index in [4.69, 9.17) is 13.7 Å². The molecule has 1 fully saturated rings. The summed E-state index contributed by atoms with van der Waals surface area (Å²) < 4.78 is 16.2. The first kappa shape index (κ1) is 24.7. The van der Waals surface area contributed by atoms with Gasteiger partial charge in [-0.05, 0) is 31.0 Å². The zero-order valence-corrected chi connectivity index (χ0v) is 20.3. The molecule has 3 rings (SSSR count). The second-order valence-electron chi connectivity index (χ2n) is 7.53. The summed E-state index contributed by atoms with van der Waals surface area (Å²) >= 11 is 0. The molecule has 0 unspecified atom stereocenters. The number of rotatable bonds is 10. The number of halogens is 1. The van der Waals surface area contributed by atoms with Gasteiger partial charge in [-0.2, -0.15) is 0 Å². The van der Waals surface area contributed by atoms with E-state index < -0.39 is 0 Å². The third-order valence-corrected chi connectivity index (χ3v) is 4.85. The number of morpholine rings is 1. The third-order valence-electron chi connectivity index (χ3n) is 4.85. The molecule has 2 N–H and O–H groups in total. The summed E-state index contributed by atoms with van der Waals surface area (Å²) in [5.41, 5.74) is 0.959. The molecule has 1 saturated heterocycles. The van der Waals surface area contributed by atoms with Crippen LogP contribution in [0.15, 0.2) is 38.4 Å². The topological polar surface area (TPSA) is 88.1 Å². The highest BCUT2D eigenvalue weighted by molar-refractivity contribution is 14.0. The Morgan fingerprint density at radius 2 is 2.00 bits per heavy atom. The van der Waals surface area contributed by atoms with Crippen LogP contribution in [0.5, 0.6) is 0 Å². The molecule has 9 heteroatoms. The standard InChI is InChI=1S/C21H33N5O3.HI/c1-17(2)20-15-19(29-25-20)16-24-21(23-8-6-18-5-3-12-28-18)22-7-4-9-26-10-13-27-14-11-26;/h3,5,12,15,17H,4,6-11,13-14,16H2,1-2H3,(H2,22,23,24);1H. The van der Waals surface area contributed by atoms with E-state index in [0.717, 1.165) is 82.0 Å². The van der Waals surface area contributed by atoms with Crippen LogP contribution in [0.4, 0.5) is 0 Å². The van der Waals surface area contributed by atoms with Gasteiger partial charge in [-0.25, -0.2) is 4.99 Å². The van der Waals surface area contributed by atoms with Crippen molar-refractivity contribution in [3.8, 4) is 0 Å². The van der Waals surface area contributed by atoms with Crippen molar-refractivity contribution < 1.29 is 13.7 Å². The molecule has 0 aliphatic carbocycles. The molecular weight excluding hydrogens is 497 g/mol. The van der Waals surface area contributed by atoms with Crippen LogP contribution in [0.2, 0.25) is 0 Å². The smallest absolute Gasteiger partial charge is 0.191 e. The molecule has 0 saturated carbocycles. The van der Waals surface area contributed by atoms with E-state index in [1.807, 2.05) is 18.2 Å². The molecule has 0 spiro atoms. The average molecular weight is 531 g/mol. The van der Waals surface area contributed by atoms with Gasteiger partial charge in [-0.3, -0.25) is 4.90 Å². The SMILES string of the molecule is CC(C)c1cc(CN=C(NCCCN2CCOCC2)NCCc2ccco2)on1.I. The first-order valence-corrected chi connectivity index (χ1v) is 10.5. The first-order chi connectivity index (χ1) is 14.2. The van der Waals surface area contributed by atoms with Gasteiger partial charge < -0.3 is 24.3 Å². The fraction of sp³-hybridized carbons (Fsp3) is 0.619. The molecule has 0 amide bonds. The van der Waals surface area contributed by atoms with Crippen molar-refractivity contribution in [2.24, 2.45) is 4.99 Å². The zero-order valence-electron chi connectivity index (χ0n) is 17.9. The molecule has 3 heterocycles. The molecule has 2 aromatic heterocycles. The van der Waals surface area contributed by atoms with Crippen molar-refractivity contribution in [3.63, 3.8) is 0 Å². The summed E-state index contributed by atoms with van der Waals surface area (Å²) in [6.45, 7) is 11.0. The Balaban J connectivity index is 0.00000320. The lowest BCUT2D eigenvalue weighted by Gasteiger charge is -2.26. The number of furan rings is 1. The van der Waals surface area contributed by atoms with E-state index in [2.05, 4.69) is 39.5 Å². The minimum absolute atomic E-state index is 0. The van der Waals surface area contributed by atoms with Crippen LogP contribution in [0.3, 0.4) is 0 Å². The number of ether oxygens (including phenoxy) is 1. The fourth-order valence-electron chi connectivity index (χ4n) is 3.10. The minimum atomic E-state index is 0. The summed E-state index contributed by atoms with van der Waals surface area (Å²) in [4.78, 5) is 7.11. The van der Waals surface area contributed by atoms with Crippen LogP contribution in [0, 0.1) is 0 Å². The molecule has 0 aromatic carbocycles. The van der Waals surface area contributed by atoms with Crippen molar-refractivity contribution in [2.45, 2.75) is 39.2 Å². The number of guanidine groups is 1. The predicted octanol–water partition coefficient (Wildman–Crippen LogP) is 3.01. The summed E-state index contributed by atoms with van der Waals surface area (Å²) in [6, 6.07) is 5.87. The Hall–Kier alpha value is -1.59. The van der Waals surface area contributed by atoms with Crippen molar-refractivity contribution >= 4 is 29.9 Å². The molecule has 0 bridgehead atoms. The van der Waals surface area contributed by atoms with Gasteiger partial charge in [0.1, 0.15) is 12.3 Å². The summed E-state index contributed by atoms with van der Waals surface area (Å²) in [5, 5.41) is 10.9. The molecule has 8 nitrogen and oxygen atoms in total.